The van der Waals surface area contributed by atoms with Gasteiger partial charge in [0.1, 0.15) is 11.5 Å². The van der Waals surface area contributed by atoms with E-state index in [9.17, 15) is 28.1 Å². The summed E-state index contributed by atoms with van der Waals surface area (Å²) in [4.78, 5) is 27.7. The van der Waals surface area contributed by atoms with E-state index in [1.165, 1.54) is 6.07 Å². The number of nitro benzene ring substituents is 1. The minimum atomic E-state index is -4.58. The highest BCUT2D eigenvalue weighted by Crippen LogP contribution is 2.38. The van der Waals surface area contributed by atoms with Crippen LogP contribution in [0.25, 0.3) is 0 Å². The highest BCUT2D eigenvalue weighted by atomic mass is 35.5. The van der Waals surface area contributed by atoms with Crippen molar-refractivity contribution in [2.24, 2.45) is 0 Å². The first-order valence-corrected chi connectivity index (χ1v) is 8.89. The molecule has 0 atom stereocenters. The maximum Gasteiger partial charge on any atom is 0.443 e. The third-order valence-electron chi connectivity index (χ3n) is 3.58. The number of carbonyl (C=O) groups excluding carboxylic acids is 1. The third kappa shape index (κ3) is 5.66. The summed E-state index contributed by atoms with van der Waals surface area (Å²) in [6.07, 6.45) is -5.43. The molecule has 2 aromatic rings. The van der Waals surface area contributed by atoms with Crippen molar-refractivity contribution >= 4 is 23.4 Å². The summed E-state index contributed by atoms with van der Waals surface area (Å²) >= 11 is 5.86. The van der Waals surface area contributed by atoms with Crippen molar-refractivity contribution in [2.45, 2.75) is 20.0 Å². The second-order valence-corrected chi connectivity index (χ2v) is 6.02. The Balaban J connectivity index is 2.33. The smallest absolute Gasteiger partial charge is 0.443 e. The number of benzene rings is 2. The monoisotopic (exact) mass is 448 g/mol. The SMILES string of the molecule is CCOC(=O)N(CC)Oc1cc(Oc2ccc(C(F)(F)F)cc2Cl)ccc1[N+](=O)[O-]. The standard InChI is InChI=1S/C18H16ClF3N2O6/c1-3-23(17(25)28-4-2)30-16-10-12(6-7-14(16)24(26)27)29-15-8-5-11(9-13(15)19)18(20,21)22/h5-10H,3-4H2,1-2H3. The maximum atomic E-state index is 12.8. The summed E-state index contributed by atoms with van der Waals surface area (Å²) < 4.78 is 48.5. The maximum absolute atomic E-state index is 12.8. The first-order valence-electron chi connectivity index (χ1n) is 8.52. The van der Waals surface area contributed by atoms with Crippen LogP contribution in [0.5, 0.6) is 17.2 Å². The van der Waals surface area contributed by atoms with Crippen LogP contribution in [-0.2, 0) is 10.9 Å². The molecule has 0 aliphatic rings. The van der Waals surface area contributed by atoms with E-state index in [0.29, 0.717) is 6.07 Å². The quantitative estimate of drug-likeness (QED) is 0.391. The highest BCUT2D eigenvalue weighted by Gasteiger charge is 2.31. The van der Waals surface area contributed by atoms with Crippen LogP contribution in [-0.4, -0.2) is 29.2 Å². The molecule has 0 saturated carbocycles. The fourth-order valence-electron chi connectivity index (χ4n) is 2.21. The number of amides is 1. The lowest BCUT2D eigenvalue weighted by Crippen LogP contribution is -2.34. The van der Waals surface area contributed by atoms with Crippen molar-refractivity contribution in [3.05, 3.63) is 57.1 Å². The van der Waals surface area contributed by atoms with Crippen LogP contribution in [0.1, 0.15) is 19.4 Å². The summed E-state index contributed by atoms with van der Waals surface area (Å²) in [5, 5.41) is 11.7. The van der Waals surface area contributed by atoms with Gasteiger partial charge in [0.2, 0.25) is 5.75 Å². The number of halogens is 4. The van der Waals surface area contributed by atoms with Gasteiger partial charge in [0.15, 0.2) is 0 Å². The van der Waals surface area contributed by atoms with Gasteiger partial charge in [-0.15, -0.1) is 5.06 Å². The van der Waals surface area contributed by atoms with Crippen LogP contribution in [0.3, 0.4) is 0 Å². The second kappa shape index (κ2) is 9.53. The van der Waals surface area contributed by atoms with Crippen LogP contribution in [0, 0.1) is 10.1 Å². The normalized spacial score (nSPS) is 11.0. The van der Waals surface area contributed by atoms with Crippen molar-refractivity contribution in [1.82, 2.24) is 5.06 Å². The number of hydrogen-bond donors (Lipinski definition) is 0. The summed E-state index contributed by atoms with van der Waals surface area (Å²) in [5.74, 6) is -0.463. The van der Waals surface area contributed by atoms with Gasteiger partial charge in [-0.05, 0) is 38.1 Å². The molecule has 0 saturated heterocycles. The van der Waals surface area contributed by atoms with Crippen LogP contribution in [0.15, 0.2) is 36.4 Å². The largest absolute Gasteiger partial charge is 0.456 e. The number of hydroxylamine groups is 2. The Hall–Kier alpha value is -3.21. The van der Waals surface area contributed by atoms with Crippen molar-refractivity contribution in [3.8, 4) is 17.2 Å². The molecule has 0 spiro atoms. The molecule has 0 aromatic heterocycles. The molecule has 30 heavy (non-hydrogen) atoms. The predicted molar refractivity (Wildman–Crippen MR) is 99.7 cm³/mol. The zero-order valence-corrected chi connectivity index (χ0v) is 16.5. The average Bonchev–Trinajstić information content (AvgIpc) is 2.66. The van der Waals surface area contributed by atoms with E-state index in [4.69, 9.17) is 25.9 Å². The van der Waals surface area contributed by atoms with Gasteiger partial charge in [-0.1, -0.05) is 11.6 Å². The molecule has 162 valence electrons. The Kier molecular flexibility index (Phi) is 7.33. The molecule has 2 aromatic carbocycles. The minimum Gasteiger partial charge on any atom is -0.456 e. The Labute approximate surface area is 173 Å². The number of alkyl halides is 3. The van der Waals surface area contributed by atoms with Gasteiger partial charge < -0.3 is 14.3 Å². The van der Waals surface area contributed by atoms with Crippen molar-refractivity contribution in [2.75, 3.05) is 13.2 Å². The minimum absolute atomic E-state index is 0.0165. The lowest BCUT2D eigenvalue weighted by atomic mass is 10.2. The van der Waals surface area contributed by atoms with Gasteiger partial charge in [0, 0.05) is 12.1 Å². The topological polar surface area (TPSA) is 91.1 Å². The Morgan fingerprint density at radius 3 is 2.40 bits per heavy atom. The molecule has 0 heterocycles. The molecule has 1 amide bonds. The Morgan fingerprint density at radius 2 is 1.87 bits per heavy atom. The first kappa shape index (κ1) is 23.1. The first-order chi connectivity index (χ1) is 14.1. The van der Waals surface area contributed by atoms with E-state index >= 15 is 0 Å². The lowest BCUT2D eigenvalue weighted by Gasteiger charge is -2.20. The molecular formula is C18H16ClF3N2O6. The summed E-state index contributed by atoms with van der Waals surface area (Å²) in [7, 11) is 0. The molecule has 0 fully saturated rings. The summed E-state index contributed by atoms with van der Waals surface area (Å²) in [5.41, 5.74) is -1.43. The van der Waals surface area contributed by atoms with Gasteiger partial charge in [-0.3, -0.25) is 10.1 Å². The Bertz CT molecular complexity index is 939. The average molecular weight is 449 g/mol. The molecule has 0 unspecified atom stereocenters. The fraction of sp³-hybridized carbons (Fsp3) is 0.278. The number of ether oxygens (including phenoxy) is 2. The number of rotatable bonds is 7. The molecular weight excluding hydrogens is 433 g/mol. The molecule has 12 heteroatoms. The number of nitrogens with zero attached hydrogens (tertiary/aromatic N) is 2. The zero-order valence-electron chi connectivity index (χ0n) is 15.7. The van der Waals surface area contributed by atoms with Gasteiger partial charge >= 0.3 is 18.0 Å². The van der Waals surface area contributed by atoms with Gasteiger partial charge in [-0.2, -0.15) is 13.2 Å². The van der Waals surface area contributed by atoms with Crippen LogP contribution in [0.2, 0.25) is 5.02 Å². The molecule has 0 aliphatic carbocycles. The molecule has 0 radical (unpaired) electrons. The molecule has 8 nitrogen and oxygen atoms in total. The van der Waals surface area contributed by atoms with Crippen molar-refractivity contribution in [3.63, 3.8) is 0 Å². The van der Waals surface area contributed by atoms with Gasteiger partial charge in [-0.25, -0.2) is 4.79 Å². The fourth-order valence-corrected chi connectivity index (χ4v) is 2.43. The van der Waals surface area contributed by atoms with Gasteiger partial charge in [0.05, 0.1) is 28.7 Å². The predicted octanol–water partition coefficient (Wildman–Crippen LogP) is 5.83. The van der Waals surface area contributed by atoms with Crippen LogP contribution in [0.4, 0.5) is 23.7 Å². The molecule has 0 N–H and O–H groups in total. The van der Waals surface area contributed by atoms with E-state index in [1.54, 1.807) is 13.8 Å². The molecule has 0 bridgehead atoms. The third-order valence-corrected chi connectivity index (χ3v) is 3.88. The van der Waals surface area contributed by atoms with Crippen molar-refractivity contribution < 1.29 is 37.2 Å². The zero-order chi connectivity index (χ0) is 22.5. The number of hydrogen-bond acceptors (Lipinski definition) is 6. The number of carbonyl (C=O) groups is 1. The summed E-state index contributed by atoms with van der Waals surface area (Å²) in [6.45, 7) is 3.23. The lowest BCUT2D eigenvalue weighted by molar-refractivity contribution is -0.386. The summed E-state index contributed by atoms with van der Waals surface area (Å²) in [6, 6.07) is 5.86. The van der Waals surface area contributed by atoms with E-state index in [0.717, 1.165) is 29.3 Å². The second-order valence-electron chi connectivity index (χ2n) is 5.62. The van der Waals surface area contributed by atoms with E-state index in [2.05, 4.69) is 0 Å². The van der Waals surface area contributed by atoms with Crippen LogP contribution < -0.4 is 9.57 Å². The number of nitro groups is 1. The van der Waals surface area contributed by atoms with E-state index in [-0.39, 0.29) is 35.4 Å². The Morgan fingerprint density at radius 1 is 1.17 bits per heavy atom. The van der Waals surface area contributed by atoms with Crippen molar-refractivity contribution in [1.29, 1.82) is 0 Å². The van der Waals surface area contributed by atoms with Crippen LogP contribution >= 0.6 is 11.6 Å². The molecule has 0 aliphatic heterocycles. The van der Waals surface area contributed by atoms with E-state index in [1.807, 2.05) is 0 Å². The molecule has 2 rings (SSSR count). The van der Waals surface area contributed by atoms with E-state index < -0.39 is 28.4 Å². The highest BCUT2D eigenvalue weighted by molar-refractivity contribution is 6.32. The van der Waals surface area contributed by atoms with Gasteiger partial charge in [0.25, 0.3) is 0 Å².